The largest absolute Gasteiger partial charge is 0.496 e. The first kappa shape index (κ1) is 15.6. The lowest BCUT2D eigenvalue weighted by molar-refractivity contribution is -0.119. The van der Waals surface area contributed by atoms with Crippen molar-refractivity contribution in [3.05, 3.63) is 59.7 Å². The van der Waals surface area contributed by atoms with E-state index in [1.807, 2.05) is 41.3 Å². The Kier molecular flexibility index (Phi) is 4.65. The smallest absolute Gasteiger partial charge is 0.227 e. The number of benzene rings is 2. The highest BCUT2D eigenvalue weighted by Crippen LogP contribution is 2.31. The van der Waals surface area contributed by atoms with E-state index in [4.69, 9.17) is 4.74 Å². The van der Waals surface area contributed by atoms with Gasteiger partial charge in [0.2, 0.25) is 5.91 Å². The molecule has 0 saturated heterocycles. The first-order valence-corrected chi connectivity index (χ1v) is 8.22. The fourth-order valence-corrected chi connectivity index (χ4v) is 3.34. The molecule has 2 aromatic carbocycles. The molecule has 0 saturated carbocycles. The van der Waals surface area contributed by atoms with E-state index in [-0.39, 0.29) is 11.9 Å². The number of ether oxygens (including phenoxy) is 1. The zero-order chi connectivity index (χ0) is 16.2. The van der Waals surface area contributed by atoms with Crippen molar-refractivity contribution in [2.75, 3.05) is 12.0 Å². The summed E-state index contributed by atoms with van der Waals surface area (Å²) in [6, 6.07) is 16.4. The first-order valence-electron chi connectivity index (χ1n) is 8.22. The number of aryl methyl sites for hydroxylation is 2. The summed E-state index contributed by atoms with van der Waals surface area (Å²) < 4.78 is 5.38. The lowest BCUT2D eigenvalue weighted by Crippen LogP contribution is -2.42. The van der Waals surface area contributed by atoms with E-state index in [1.54, 1.807) is 7.11 Å². The minimum atomic E-state index is 0.190. The maximum Gasteiger partial charge on any atom is 0.227 e. The van der Waals surface area contributed by atoms with Gasteiger partial charge in [0, 0.05) is 18.2 Å². The second-order valence-corrected chi connectivity index (χ2v) is 6.09. The molecule has 3 nitrogen and oxygen atoms in total. The van der Waals surface area contributed by atoms with Gasteiger partial charge >= 0.3 is 0 Å². The number of hydrogen-bond acceptors (Lipinski definition) is 2. The molecule has 0 N–H and O–H groups in total. The molecule has 0 radical (unpaired) electrons. The van der Waals surface area contributed by atoms with Crippen molar-refractivity contribution in [1.29, 1.82) is 0 Å². The molecule has 23 heavy (non-hydrogen) atoms. The summed E-state index contributed by atoms with van der Waals surface area (Å²) in [4.78, 5) is 14.8. The Bertz CT molecular complexity index is 696. The van der Waals surface area contributed by atoms with Gasteiger partial charge in [0.1, 0.15) is 5.75 Å². The minimum Gasteiger partial charge on any atom is -0.496 e. The van der Waals surface area contributed by atoms with Crippen LogP contribution >= 0.6 is 0 Å². The van der Waals surface area contributed by atoms with Gasteiger partial charge in [0.15, 0.2) is 0 Å². The Labute approximate surface area is 137 Å². The number of amides is 1. The number of carbonyl (C=O) groups excluding carboxylic acids is 1. The molecule has 3 rings (SSSR count). The molecule has 0 aliphatic carbocycles. The summed E-state index contributed by atoms with van der Waals surface area (Å²) >= 11 is 0. The monoisotopic (exact) mass is 309 g/mol. The van der Waals surface area contributed by atoms with Crippen LogP contribution in [-0.2, 0) is 17.6 Å². The number of rotatable bonds is 4. The van der Waals surface area contributed by atoms with Crippen molar-refractivity contribution >= 4 is 11.6 Å². The highest BCUT2D eigenvalue weighted by atomic mass is 16.5. The van der Waals surface area contributed by atoms with E-state index in [2.05, 4.69) is 19.1 Å². The van der Waals surface area contributed by atoms with Gasteiger partial charge in [0.25, 0.3) is 0 Å². The number of carbonyl (C=O) groups is 1. The third kappa shape index (κ3) is 3.24. The molecule has 1 aliphatic heterocycles. The van der Waals surface area contributed by atoms with Crippen LogP contribution in [0, 0.1) is 0 Å². The normalized spacial score (nSPS) is 16.8. The van der Waals surface area contributed by atoms with Crippen LogP contribution in [0.3, 0.4) is 0 Å². The predicted molar refractivity (Wildman–Crippen MR) is 93.0 cm³/mol. The van der Waals surface area contributed by atoms with Gasteiger partial charge in [0.05, 0.1) is 7.11 Å². The molecular weight excluding hydrogens is 286 g/mol. The van der Waals surface area contributed by atoms with Crippen LogP contribution in [0.5, 0.6) is 5.75 Å². The van der Waals surface area contributed by atoms with E-state index >= 15 is 0 Å². The van der Waals surface area contributed by atoms with E-state index in [0.717, 1.165) is 29.8 Å². The summed E-state index contributed by atoms with van der Waals surface area (Å²) in [6.45, 7) is 2.14. The quantitative estimate of drug-likeness (QED) is 0.854. The highest BCUT2D eigenvalue weighted by molar-refractivity contribution is 5.95. The van der Waals surface area contributed by atoms with Crippen LogP contribution in [0.25, 0.3) is 0 Å². The maximum atomic E-state index is 12.8. The average Bonchev–Trinajstić information content (AvgIpc) is 2.59. The van der Waals surface area contributed by atoms with Crippen LogP contribution < -0.4 is 9.64 Å². The topological polar surface area (TPSA) is 29.5 Å². The van der Waals surface area contributed by atoms with Crippen molar-refractivity contribution in [2.45, 2.75) is 38.6 Å². The number of hydrogen-bond donors (Lipinski definition) is 0. The van der Waals surface area contributed by atoms with Crippen LogP contribution in [0.15, 0.2) is 48.5 Å². The Balaban J connectivity index is 1.76. The van der Waals surface area contributed by atoms with E-state index < -0.39 is 0 Å². The van der Waals surface area contributed by atoms with Gasteiger partial charge in [-0.25, -0.2) is 0 Å². The van der Waals surface area contributed by atoms with Crippen LogP contribution in [-0.4, -0.2) is 19.1 Å². The Hall–Kier alpha value is -2.29. The molecule has 0 spiro atoms. The molecule has 1 amide bonds. The molecule has 120 valence electrons. The Morgan fingerprint density at radius 3 is 2.74 bits per heavy atom. The van der Waals surface area contributed by atoms with Crippen molar-refractivity contribution in [2.24, 2.45) is 0 Å². The van der Waals surface area contributed by atoms with Crippen molar-refractivity contribution in [1.82, 2.24) is 0 Å². The van der Waals surface area contributed by atoms with E-state index in [9.17, 15) is 4.79 Å². The fraction of sp³-hybridized carbons (Fsp3) is 0.350. The predicted octanol–water partition coefficient (Wildman–Crippen LogP) is 4.00. The van der Waals surface area contributed by atoms with Gasteiger partial charge in [-0.2, -0.15) is 0 Å². The van der Waals surface area contributed by atoms with Crippen molar-refractivity contribution < 1.29 is 9.53 Å². The molecule has 3 heteroatoms. The summed E-state index contributed by atoms with van der Waals surface area (Å²) in [7, 11) is 1.67. The standard InChI is InChI=1S/C20H23NO2/c1-15-11-12-16-7-3-5-9-18(16)21(15)20(22)14-13-17-8-4-6-10-19(17)23-2/h3-10,15H,11-14H2,1-2H3. The molecule has 0 aromatic heterocycles. The van der Waals surface area contributed by atoms with E-state index in [0.29, 0.717) is 12.8 Å². The molecule has 1 heterocycles. The highest BCUT2D eigenvalue weighted by Gasteiger charge is 2.27. The number of fused-ring (bicyclic) bond motifs is 1. The van der Waals surface area contributed by atoms with Gasteiger partial charge in [-0.3, -0.25) is 4.79 Å². The molecule has 0 fully saturated rings. The maximum absolute atomic E-state index is 12.8. The summed E-state index contributed by atoms with van der Waals surface area (Å²) in [5.41, 5.74) is 3.44. The summed E-state index contributed by atoms with van der Waals surface area (Å²) in [6.07, 6.45) is 3.28. The van der Waals surface area contributed by atoms with Crippen molar-refractivity contribution in [3.63, 3.8) is 0 Å². The van der Waals surface area contributed by atoms with Gasteiger partial charge in [-0.15, -0.1) is 0 Å². The number of nitrogens with zero attached hydrogens (tertiary/aromatic N) is 1. The SMILES string of the molecule is COc1ccccc1CCC(=O)N1c2ccccc2CCC1C. The third-order valence-electron chi connectivity index (χ3n) is 4.59. The lowest BCUT2D eigenvalue weighted by atomic mass is 9.96. The van der Waals surface area contributed by atoms with Crippen LogP contribution in [0.2, 0.25) is 0 Å². The lowest BCUT2D eigenvalue weighted by Gasteiger charge is -2.35. The second kappa shape index (κ2) is 6.86. The third-order valence-corrected chi connectivity index (χ3v) is 4.59. The van der Waals surface area contributed by atoms with Gasteiger partial charge in [-0.05, 0) is 49.4 Å². The number of anilines is 1. The number of methoxy groups -OCH3 is 1. The minimum absolute atomic E-state index is 0.190. The zero-order valence-corrected chi connectivity index (χ0v) is 13.8. The Morgan fingerprint density at radius 2 is 1.91 bits per heavy atom. The van der Waals surface area contributed by atoms with Crippen molar-refractivity contribution in [3.8, 4) is 5.75 Å². The molecular formula is C20H23NO2. The Morgan fingerprint density at radius 1 is 1.17 bits per heavy atom. The fourth-order valence-electron chi connectivity index (χ4n) is 3.34. The summed E-state index contributed by atoms with van der Waals surface area (Å²) in [5, 5.41) is 0. The van der Waals surface area contributed by atoms with Crippen LogP contribution in [0.4, 0.5) is 5.69 Å². The molecule has 1 aliphatic rings. The van der Waals surface area contributed by atoms with Gasteiger partial charge < -0.3 is 9.64 Å². The molecule has 1 atom stereocenters. The zero-order valence-electron chi connectivity index (χ0n) is 13.8. The summed E-state index contributed by atoms with van der Waals surface area (Å²) in [5.74, 6) is 1.04. The molecule has 0 bridgehead atoms. The van der Waals surface area contributed by atoms with Gasteiger partial charge in [-0.1, -0.05) is 36.4 Å². The molecule has 1 unspecified atom stereocenters. The average molecular weight is 309 g/mol. The number of para-hydroxylation sites is 2. The molecule has 2 aromatic rings. The second-order valence-electron chi connectivity index (χ2n) is 6.09. The van der Waals surface area contributed by atoms with E-state index in [1.165, 1.54) is 5.56 Å². The van der Waals surface area contributed by atoms with Crippen LogP contribution in [0.1, 0.15) is 30.9 Å². The first-order chi connectivity index (χ1) is 11.2.